The predicted octanol–water partition coefficient (Wildman–Crippen LogP) is 3.55. The minimum absolute atomic E-state index is 0.0106. The van der Waals surface area contributed by atoms with Crippen LogP contribution in [0.3, 0.4) is 0 Å². The Balaban J connectivity index is 1.77. The Morgan fingerprint density at radius 3 is 2.79 bits per heavy atom. The number of ether oxygens (including phenoxy) is 1. The van der Waals surface area contributed by atoms with Gasteiger partial charge in [0, 0.05) is 37.2 Å². The maximum atomic E-state index is 12.4. The highest BCUT2D eigenvalue weighted by Crippen LogP contribution is 2.27. The van der Waals surface area contributed by atoms with Gasteiger partial charge in [0.2, 0.25) is 5.91 Å². The third kappa shape index (κ3) is 5.43. The molecule has 1 amide bonds. The normalized spacial score (nSPS) is 12.1. The van der Waals surface area contributed by atoms with E-state index >= 15 is 0 Å². The van der Waals surface area contributed by atoms with Crippen LogP contribution in [0.4, 0.5) is 0 Å². The molecule has 1 N–H and O–H groups in total. The zero-order valence-electron chi connectivity index (χ0n) is 16.0. The van der Waals surface area contributed by atoms with Crippen LogP contribution in [0.15, 0.2) is 53.0 Å². The van der Waals surface area contributed by atoms with Gasteiger partial charge in [-0.3, -0.25) is 9.36 Å². The molecule has 28 heavy (non-hydrogen) atoms. The third-order valence-electron chi connectivity index (χ3n) is 4.10. The van der Waals surface area contributed by atoms with Crippen molar-refractivity contribution in [1.29, 1.82) is 0 Å². The highest BCUT2D eigenvalue weighted by Gasteiger charge is 2.21. The van der Waals surface area contributed by atoms with Crippen molar-refractivity contribution in [3.8, 4) is 5.69 Å². The number of nitrogens with one attached hydrogen (secondary N) is 1. The van der Waals surface area contributed by atoms with Crippen molar-refractivity contribution < 1.29 is 9.53 Å². The van der Waals surface area contributed by atoms with Crippen molar-refractivity contribution in [3.05, 3.63) is 58.5 Å². The fourth-order valence-electron chi connectivity index (χ4n) is 2.68. The van der Waals surface area contributed by atoms with Gasteiger partial charge >= 0.3 is 0 Å². The highest BCUT2D eigenvalue weighted by atomic mass is 32.2. The first-order valence-electron chi connectivity index (χ1n) is 9.14. The molecule has 1 aromatic carbocycles. The molecule has 0 bridgehead atoms. The molecule has 1 atom stereocenters. The SMILES string of the molecule is COCCCNC(=O)C(C)Sc1nnc(Cc2cccs2)n1-c1ccccc1. The van der Waals surface area contributed by atoms with E-state index < -0.39 is 0 Å². The molecule has 148 valence electrons. The zero-order chi connectivity index (χ0) is 19.8. The lowest BCUT2D eigenvalue weighted by Crippen LogP contribution is -2.32. The summed E-state index contributed by atoms with van der Waals surface area (Å²) < 4.78 is 7.05. The monoisotopic (exact) mass is 416 g/mol. The van der Waals surface area contributed by atoms with E-state index in [4.69, 9.17) is 4.74 Å². The van der Waals surface area contributed by atoms with E-state index in [9.17, 15) is 4.79 Å². The molecular formula is C20H24N4O2S2. The van der Waals surface area contributed by atoms with Gasteiger partial charge in [-0.05, 0) is 36.9 Å². The van der Waals surface area contributed by atoms with Crippen LogP contribution in [0.1, 0.15) is 24.0 Å². The van der Waals surface area contributed by atoms with E-state index in [0.717, 1.165) is 23.1 Å². The van der Waals surface area contributed by atoms with Crippen molar-refractivity contribution in [2.24, 2.45) is 0 Å². The van der Waals surface area contributed by atoms with Crippen molar-refractivity contribution in [2.45, 2.75) is 30.2 Å². The molecule has 0 saturated carbocycles. The summed E-state index contributed by atoms with van der Waals surface area (Å²) in [5, 5.41) is 14.3. The number of carbonyl (C=O) groups is 1. The van der Waals surface area contributed by atoms with E-state index in [1.807, 2.05) is 47.9 Å². The second kappa shape index (κ2) is 10.4. The van der Waals surface area contributed by atoms with Gasteiger partial charge in [0.15, 0.2) is 5.16 Å². The van der Waals surface area contributed by atoms with Gasteiger partial charge in [-0.15, -0.1) is 21.5 Å². The second-order valence-corrected chi connectivity index (χ2v) is 8.56. The van der Waals surface area contributed by atoms with Crippen LogP contribution in [-0.2, 0) is 16.0 Å². The smallest absolute Gasteiger partial charge is 0.233 e. The Labute approximate surface area is 173 Å². The summed E-state index contributed by atoms with van der Waals surface area (Å²) >= 11 is 3.12. The van der Waals surface area contributed by atoms with E-state index in [-0.39, 0.29) is 11.2 Å². The molecule has 2 aromatic heterocycles. The number of hydrogen-bond donors (Lipinski definition) is 1. The number of amides is 1. The molecule has 0 spiro atoms. The largest absolute Gasteiger partial charge is 0.385 e. The fraction of sp³-hybridized carbons (Fsp3) is 0.350. The number of methoxy groups -OCH3 is 1. The number of benzene rings is 1. The zero-order valence-corrected chi connectivity index (χ0v) is 17.6. The molecule has 0 aliphatic carbocycles. The summed E-state index contributed by atoms with van der Waals surface area (Å²) in [6.07, 6.45) is 1.50. The average Bonchev–Trinajstić information content (AvgIpc) is 3.36. The number of para-hydroxylation sites is 1. The van der Waals surface area contributed by atoms with Crippen LogP contribution in [0.25, 0.3) is 5.69 Å². The fourth-order valence-corrected chi connectivity index (χ4v) is 4.29. The van der Waals surface area contributed by atoms with Gasteiger partial charge in [-0.2, -0.15) is 0 Å². The quantitative estimate of drug-likeness (QED) is 0.404. The molecule has 0 fully saturated rings. The first kappa shape index (κ1) is 20.6. The summed E-state index contributed by atoms with van der Waals surface area (Å²) in [7, 11) is 1.66. The molecule has 0 radical (unpaired) electrons. The first-order chi connectivity index (χ1) is 13.7. The predicted molar refractivity (Wildman–Crippen MR) is 113 cm³/mol. The van der Waals surface area contributed by atoms with E-state index in [0.29, 0.717) is 19.6 Å². The summed E-state index contributed by atoms with van der Waals surface area (Å²) in [6, 6.07) is 14.2. The Hall–Kier alpha value is -2.16. The number of aromatic nitrogens is 3. The summed E-state index contributed by atoms with van der Waals surface area (Å²) in [6.45, 7) is 3.13. The maximum absolute atomic E-state index is 12.4. The lowest BCUT2D eigenvalue weighted by Gasteiger charge is -2.13. The Kier molecular flexibility index (Phi) is 7.64. The number of thioether (sulfide) groups is 1. The molecule has 1 unspecified atom stereocenters. The lowest BCUT2D eigenvalue weighted by molar-refractivity contribution is -0.120. The number of thiophene rings is 1. The van der Waals surface area contributed by atoms with Gasteiger partial charge < -0.3 is 10.1 Å². The van der Waals surface area contributed by atoms with E-state index in [2.05, 4.69) is 27.0 Å². The molecule has 2 heterocycles. The second-order valence-electron chi connectivity index (χ2n) is 6.22. The van der Waals surface area contributed by atoms with Crippen molar-refractivity contribution in [3.63, 3.8) is 0 Å². The van der Waals surface area contributed by atoms with Crippen LogP contribution >= 0.6 is 23.1 Å². The van der Waals surface area contributed by atoms with Gasteiger partial charge in [0.1, 0.15) is 5.82 Å². The third-order valence-corrected chi connectivity index (χ3v) is 6.02. The Morgan fingerprint density at radius 2 is 2.07 bits per heavy atom. The number of nitrogens with zero attached hydrogens (tertiary/aromatic N) is 3. The van der Waals surface area contributed by atoms with Crippen LogP contribution in [0, 0.1) is 0 Å². The molecule has 0 aliphatic rings. The molecule has 8 heteroatoms. The highest BCUT2D eigenvalue weighted by molar-refractivity contribution is 8.00. The maximum Gasteiger partial charge on any atom is 0.233 e. The van der Waals surface area contributed by atoms with Gasteiger partial charge in [-0.1, -0.05) is 36.0 Å². The number of carbonyl (C=O) groups excluding carboxylic acids is 1. The van der Waals surface area contributed by atoms with Crippen molar-refractivity contribution in [2.75, 3.05) is 20.3 Å². The van der Waals surface area contributed by atoms with Crippen LogP contribution in [-0.4, -0.2) is 46.2 Å². The Bertz CT molecular complexity index is 866. The summed E-state index contributed by atoms with van der Waals surface area (Å²) in [5.74, 6) is 0.854. The lowest BCUT2D eigenvalue weighted by atomic mass is 10.3. The van der Waals surface area contributed by atoms with Crippen LogP contribution in [0.2, 0.25) is 0 Å². The molecular weight excluding hydrogens is 392 g/mol. The molecule has 6 nitrogen and oxygen atoms in total. The Morgan fingerprint density at radius 1 is 1.25 bits per heavy atom. The molecule has 0 aliphatic heterocycles. The molecule has 3 aromatic rings. The topological polar surface area (TPSA) is 69.0 Å². The average molecular weight is 417 g/mol. The standard InChI is InChI=1S/C20H24N4O2S2/c1-15(19(25)21-11-7-12-26-2)28-20-23-22-18(14-17-10-6-13-27-17)24(20)16-8-4-3-5-9-16/h3-6,8-10,13,15H,7,11-12,14H2,1-2H3,(H,21,25). The van der Waals surface area contributed by atoms with Crippen molar-refractivity contribution in [1.82, 2.24) is 20.1 Å². The van der Waals surface area contributed by atoms with Gasteiger partial charge in [0.05, 0.1) is 5.25 Å². The van der Waals surface area contributed by atoms with Crippen LogP contribution in [0.5, 0.6) is 0 Å². The minimum Gasteiger partial charge on any atom is -0.385 e. The number of rotatable bonds is 10. The summed E-state index contributed by atoms with van der Waals surface area (Å²) in [4.78, 5) is 13.6. The number of hydrogen-bond acceptors (Lipinski definition) is 6. The van der Waals surface area contributed by atoms with Crippen molar-refractivity contribution >= 4 is 29.0 Å². The van der Waals surface area contributed by atoms with Gasteiger partial charge in [0.25, 0.3) is 0 Å². The molecule has 0 saturated heterocycles. The minimum atomic E-state index is -0.274. The van der Waals surface area contributed by atoms with Crippen LogP contribution < -0.4 is 5.32 Å². The first-order valence-corrected chi connectivity index (χ1v) is 10.9. The summed E-state index contributed by atoms with van der Waals surface area (Å²) in [5.41, 5.74) is 0.995. The van der Waals surface area contributed by atoms with E-state index in [1.165, 1.54) is 16.6 Å². The van der Waals surface area contributed by atoms with E-state index in [1.54, 1.807) is 18.4 Å². The van der Waals surface area contributed by atoms with Gasteiger partial charge in [-0.25, -0.2) is 0 Å². The molecule has 3 rings (SSSR count).